The fraction of sp³-hybridized carbons (Fsp3) is 0. The molecule has 0 aliphatic rings. The fourth-order valence-electron chi connectivity index (χ4n) is 7.84. The molecule has 10 aromatic rings. The van der Waals surface area contributed by atoms with Crippen LogP contribution >= 0.6 is 11.3 Å². The van der Waals surface area contributed by atoms with Crippen LogP contribution in [0.4, 0.5) is 0 Å². The first-order valence-corrected chi connectivity index (χ1v) is 18.3. The van der Waals surface area contributed by atoms with E-state index in [2.05, 4.69) is 194 Å². The summed E-state index contributed by atoms with van der Waals surface area (Å²) >= 11 is 1.87. The normalized spacial score (nSPS) is 11.5. The predicted molar refractivity (Wildman–Crippen MR) is 222 cm³/mol. The first-order valence-electron chi connectivity index (χ1n) is 17.5. The van der Waals surface area contributed by atoms with Gasteiger partial charge in [0.2, 0.25) is 0 Å². The molecule has 1 heteroatoms. The van der Waals surface area contributed by atoms with E-state index >= 15 is 0 Å². The highest BCUT2D eigenvalue weighted by Gasteiger charge is 2.17. The van der Waals surface area contributed by atoms with Crippen molar-refractivity contribution in [1.29, 1.82) is 0 Å². The van der Waals surface area contributed by atoms with Gasteiger partial charge in [-0.2, -0.15) is 0 Å². The van der Waals surface area contributed by atoms with Crippen LogP contribution in [0.25, 0.3) is 97.4 Å². The van der Waals surface area contributed by atoms with Crippen molar-refractivity contribution in [2.75, 3.05) is 0 Å². The van der Waals surface area contributed by atoms with Crippen molar-refractivity contribution < 1.29 is 0 Å². The first-order chi connectivity index (χ1) is 25.3. The van der Waals surface area contributed by atoms with Crippen molar-refractivity contribution in [3.8, 4) is 55.6 Å². The van der Waals surface area contributed by atoms with E-state index in [9.17, 15) is 0 Å². The molecular formula is C50H32S. The van der Waals surface area contributed by atoms with Crippen LogP contribution in [0.1, 0.15) is 0 Å². The summed E-state index contributed by atoms with van der Waals surface area (Å²) in [5.74, 6) is 0. The minimum absolute atomic E-state index is 1.21. The molecule has 0 fully saturated rings. The molecule has 0 amide bonds. The Balaban J connectivity index is 1.14. The maximum absolute atomic E-state index is 2.41. The van der Waals surface area contributed by atoms with Crippen LogP contribution in [0.3, 0.4) is 0 Å². The minimum atomic E-state index is 1.21. The summed E-state index contributed by atoms with van der Waals surface area (Å²) in [6, 6.07) is 71.2. The quantitative estimate of drug-likeness (QED) is 0.161. The number of hydrogen-bond donors (Lipinski definition) is 0. The molecule has 0 N–H and O–H groups in total. The SMILES string of the molecule is c1ccc(-c2ccc3sc4ccc(-c5cccc(-c6ccc7c(-c8ccccc8)c8ccccc8c(-c8ccccc8)c7c6)c5)cc4c3c2)cc1. The molecule has 0 aliphatic heterocycles. The largest absolute Gasteiger partial charge is 0.135 e. The summed E-state index contributed by atoms with van der Waals surface area (Å²) in [4.78, 5) is 0. The summed E-state index contributed by atoms with van der Waals surface area (Å²) in [5.41, 5.74) is 12.4. The third-order valence-electron chi connectivity index (χ3n) is 10.3. The third kappa shape index (κ3) is 5.14. The highest BCUT2D eigenvalue weighted by molar-refractivity contribution is 7.25. The van der Waals surface area contributed by atoms with Gasteiger partial charge in [-0.15, -0.1) is 11.3 Å². The summed E-state index contributed by atoms with van der Waals surface area (Å²) < 4.78 is 2.64. The number of thiophene rings is 1. The van der Waals surface area contributed by atoms with Crippen LogP contribution in [0, 0.1) is 0 Å². The van der Waals surface area contributed by atoms with Crippen molar-refractivity contribution in [3.63, 3.8) is 0 Å². The van der Waals surface area contributed by atoms with Gasteiger partial charge in [-0.05, 0) is 114 Å². The average Bonchev–Trinajstić information content (AvgIpc) is 3.58. The fourth-order valence-corrected chi connectivity index (χ4v) is 8.90. The number of benzene rings is 9. The van der Waals surface area contributed by atoms with Crippen molar-refractivity contribution >= 4 is 53.1 Å². The monoisotopic (exact) mass is 664 g/mol. The number of fused-ring (bicyclic) bond motifs is 5. The summed E-state index contributed by atoms with van der Waals surface area (Å²) in [7, 11) is 0. The lowest BCUT2D eigenvalue weighted by atomic mass is 9.85. The molecule has 0 unspecified atom stereocenters. The van der Waals surface area contributed by atoms with Gasteiger partial charge in [0.25, 0.3) is 0 Å². The average molecular weight is 665 g/mol. The van der Waals surface area contributed by atoms with Gasteiger partial charge in [-0.3, -0.25) is 0 Å². The topological polar surface area (TPSA) is 0 Å². The lowest BCUT2D eigenvalue weighted by Gasteiger charge is -2.19. The van der Waals surface area contributed by atoms with Crippen LogP contribution in [-0.4, -0.2) is 0 Å². The molecule has 238 valence electrons. The molecular weight excluding hydrogens is 633 g/mol. The Labute approximate surface area is 301 Å². The number of rotatable bonds is 5. The van der Waals surface area contributed by atoms with Gasteiger partial charge in [-0.1, -0.05) is 158 Å². The standard InChI is InChI=1S/C50H32S/c1-4-13-33(14-5-1)38-24-27-47-44(30-38)45-31-40(25-28-48(45)51-47)37-20-12-19-36(29-37)39-23-26-43-46(32-39)50(35-17-8-3-9-18-35)42-22-11-10-21-41(42)49(43)34-15-6-2-7-16-34/h1-32H. The molecule has 0 saturated carbocycles. The maximum atomic E-state index is 2.41. The Morgan fingerprint density at radius 1 is 0.216 bits per heavy atom. The van der Waals surface area contributed by atoms with Crippen molar-refractivity contribution in [2.24, 2.45) is 0 Å². The smallest absolute Gasteiger partial charge is 0.0355 e. The highest BCUT2D eigenvalue weighted by atomic mass is 32.1. The van der Waals surface area contributed by atoms with E-state index < -0.39 is 0 Å². The van der Waals surface area contributed by atoms with Gasteiger partial charge in [0.15, 0.2) is 0 Å². The zero-order valence-electron chi connectivity index (χ0n) is 27.9. The van der Waals surface area contributed by atoms with E-state index in [1.807, 2.05) is 11.3 Å². The van der Waals surface area contributed by atoms with Gasteiger partial charge < -0.3 is 0 Å². The van der Waals surface area contributed by atoms with Crippen molar-refractivity contribution in [3.05, 3.63) is 194 Å². The van der Waals surface area contributed by atoms with Crippen LogP contribution in [0.5, 0.6) is 0 Å². The van der Waals surface area contributed by atoms with Crippen LogP contribution in [-0.2, 0) is 0 Å². The predicted octanol–water partition coefficient (Wildman–Crippen LogP) is 14.7. The molecule has 0 saturated heterocycles. The van der Waals surface area contributed by atoms with Crippen molar-refractivity contribution in [1.82, 2.24) is 0 Å². The molecule has 1 heterocycles. The molecule has 0 spiro atoms. The summed E-state index contributed by atoms with van der Waals surface area (Å²) in [6.07, 6.45) is 0. The van der Waals surface area contributed by atoms with Gasteiger partial charge >= 0.3 is 0 Å². The second-order valence-corrected chi connectivity index (χ2v) is 14.3. The van der Waals surface area contributed by atoms with E-state index in [4.69, 9.17) is 0 Å². The molecule has 0 aliphatic carbocycles. The summed E-state index contributed by atoms with van der Waals surface area (Å²) in [6.45, 7) is 0. The molecule has 0 bridgehead atoms. The first kappa shape index (κ1) is 29.6. The Kier molecular flexibility index (Phi) is 7.11. The second kappa shape index (κ2) is 12.2. The van der Waals surface area contributed by atoms with E-state index in [1.54, 1.807) is 0 Å². The Morgan fingerprint density at radius 2 is 0.588 bits per heavy atom. The molecule has 9 aromatic carbocycles. The molecule has 10 rings (SSSR count). The number of hydrogen-bond acceptors (Lipinski definition) is 1. The molecule has 1 aromatic heterocycles. The van der Waals surface area contributed by atoms with E-state index in [-0.39, 0.29) is 0 Å². The zero-order valence-corrected chi connectivity index (χ0v) is 28.7. The Morgan fingerprint density at radius 3 is 1.14 bits per heavy atom. The van der Waals surface area contributed by atoms with Crippen molar-refractivity contribution in [2.45, 2.75) is 0 Å². The van der Waals surface area contributed by atoms with Crippen LogP contribution in [0.2, 0.25) is 0 Å². The van der Waals surface area contributed by atoms with Gasteiger partial charge in [0.05, 0.1) is 0 Å². The zero-order chi connectivity index (χ0) is 33.7. The lowest BCUT2D eigenvalue weighted by molar-refractivity contribution is 1.61. The van der Waals surface area contributed by atoms with Crippen LogP contribution < -0.4 is 0 Å². The maximum Gasteiger partial charge on any atom is 0.0355 e. The molecule has 0 nitrogen and oxygen atoms in total. The van der Waals surface area contributed by atoms with Gasteiger partial charge in [0.1, 0.15) is 0 Å². The molecule has 0 radical (unpaired) electrons. The Bertz CT molecular complexity index is 2880. The Hall–Kier alpha value is -6.28. The highest BCUT2D eigenvalue weighted by Crippen LogP contribution is 2.45. The second-order valence-electron chi connectivity index (χ2n) is 13.3. The van der Waals surface area contributed by atoms with Crippen LogP contribution in [0.15, 0.2) is 194 Å². The van der Waals surface area contributed by atoms with E-state index in [0.29, 0.717) is 0 Å². The van der Waals surface area contributed by atoms with E-state index in [1.165, 1.54) is 97.4 Å². The van der Waals surface area contributed by atoms with E-state index in [0.717, 1.165) is 0 Å². The van der Waals surface area contributed by atoms with Gasteiger partial charge in [-0.25, -0.2) is 0 Å². The minimum Gasteiger partial charge on any atom is -0.135 e. The molecule has 51 heavy (non-hydrogen) atoms. The third-order valence-corrected chi connectivity index (χ3v) is 11.4. The van der Waals surface area contributed by atoms with Gasteiger partial charge in [0, 0.05) is 20.2 Å². The lowest BCUT2D eigenvalue weighted by Crippen LogP contribution is -1.91. The summed E-state index contributed by atoms with van der Waals surface area (Å²) in [5, 5.41) is 7.71. The molecule has 0 atom stereocenters.